The number of rotatable bonds is 2. The van der Waals surface area contributed by atoms with Crippen molar-refractivity contribution in [1.82, 2.24) is 4.90 Å². The normalized spacial score (nSPS) is 25.5. The largest absolute Gasteiger partial charge is 0.522 e. The molecule has 19 heavy (non-hydrogen) atoms. The quantitative estimate of drug-likeness (QED) is 0.767. The average molecular weight is 277 g/mol. The number of ether oxygens (including phenoxy) is 1. The number of piperidine rings is 1. The number of hydrogen-bond donors (Lipinski definition) is 0. The Labute approximate surface area is 109 Å². The van der Waals surface area contributed by atoms with Gasteiger partial charge in [0.1, 0.15) is 5.82 Å². The van der Waals surface area contributed by atoms with Crippen molar-refractivity contribution in [1.29, 1.82) is 0 Å². The lowest BCUT2D eigenvalue weighted by Gasteiger charge is -2.37. The first-order valence-corrected chi connectivity index (χ1v) is 6.05. The summed E-state index contributed by atoms with van der Waals surface area (Å²) in [5, 5.41) is 0. The van der Waals surface area contributed by atoms with Crippen molar-refractivity contribution >= 4 is 0 Å². The predicted octanol–water partition coefficient (Wildman–Crippen LogP) is 3.50. The van der Waals surface area contributed by atoms with Crippen molar-refractivity contribution in [3.63, 3.8) is 0 Å². The predicted molar refractivity (Wildman–Crippen MR) is 61.9 cm³/mol. The molecule has 2 rings (SSSR count). The molecule has 0 N–H and O–H groups in total. The number of likely N-dealkylation sites (tertiary alicyclic amines) is 1. The van der Waals surface area contributed by atoms with Gasteiger partial charge in [0.2, 0.25) is 0 Å². The lowest BCUT2D eigenvalue weighted by molar-refractivity contribution is -0.347. The van der Waals surface area contributed by atoms with E-state index in [1.165, 1.54) is 12.1 Å². The minimum atomic E-state index is -4.60. The summed E-state index contributed by atoms with van der Waals surface area (Å²) in [7, 11) is 1.85. The molecule has 0 aliphatic carbocycles. The van der Waals surface area contributed by atoms with Crippen LogP contribution >= 0.6 is 0 Å². The zero-order valence-electron chi connectivity index (χ0n) is 10.5. The molecule has 2 nitrogen and oxygen atoms in total. The van der Waals surface area contributed by atoms with Crippen LogP contribution in [0, 0.1) is 5.82 Å². The molecule has 1 aliphatic heterocycles. The Hall–Kier alpha value is -1.14. The molecule has 0 radical (unpaired) electrons. The third-order valence-electron chi connectivity index (χ3n) is 3.38. The van der Waals surface area contributed by atoms with Crippen molar-refractivity contribution in [2.75, 3.05) is 13.6 Å². The first kappa shape index (κ1) is 14.3. The Bertz CT molecular complexity index is 418. The molecule has 0 amide bonds. The van der Waals surface area contributed by atoms with E-state index in [4.69, 9.17) is 0 Å². The van der Waals surface area contributed by atoms with Crippen LogP contribution in [0.25, 0.3) is 0 Å². The van der Waals surface area contributed by atoms with Gasteiger partial charge < -0.3 is 0 Å². The molecule has 2 atom stereocenters. The monoisotopic (exact) mass is 277 g/mol. The molecule has 1 aromatic rings. The summed E-state index contributed by atoms with van der Waals surface area (Å²) in [6.07, 6.45) is -4.85. The molecule has 0 aromatic heterocycles. The van der Waals surface area contributed by atoms with Gasteiger partial charge in [-0.3, -0.25) is 9.64 Å². The smallest absolute Gasteiger partial charge is 0.299 e. The summed E-state index contributed by atoms with van der Waals surface area (Å²) in [5.41, 5.74) is 0.805. The van der Waals surface area contributed by atoms with Crippen LogP contribution in [0.5, 0.6) is 0 Å². The minimum Gasteiger partial charge on any atom is -0.299 e. The summed E-state index contributed by atoms with van der Waals surface area (Å²) in [6.45, 7) is 0.517. The maximum atomic E-state index is 12.9. The van der Waals surface area contributed by atoms with Crippen LogP contribution in [0.3, 0.4) is 0 Å². The number of nitrogens with zero attached hydrogens (tertiary/aromatic N) is 1. The van der Waals surface area contributed by atoms with Gasteiger partial charge in [0.15, 0.2) is 0 Å². The van der Waals surface area contributed by atoms with Gasteiger partial charge in [-0.1, -0.05) is 12.1 Å². The number of benzene rings is 1. The van der Waals surface area contributed by atoms with E-state index in [0.29, 0.717) is 13.0 Å². The molecule has 1 aromatic carbocycles. The fraction of sp³-hybridized carbons (Fsp3) is 0.538. The lowest BCUT2D eigenvalue weighted by atomic mass is 9.94. The highest BCUT2D eigenvalue weighted by Gasteiger charge is 2.37. The van der Waals surface area contributed by atoms with Crippen molar-refractivity contribution in [3.8, 4) is 0 Å². The Morgan fingerprint density at radius 2 is 1.84 bits per heavy atom. The molecule has 106 valence electrons. The van der Waals surface area contributed by atoms with E-state index in [1.54, 1.807) is 12.1 Å². The van der Waals surface area contributed by atoms with Gasteiger partial charge >= 0.3 is 6.36 Å². The average Bonchev–Trinajstić information content (AvgIpc) is 2.31. The van der Waals surface area contributed by atoms with E-state index in [9.17, 15) is 17.6 Å². The van der Waals surface area contributed by atoms with E-state index < -0.39 is 12.5 Å². The van der Waals surface area contributed by atoms with Crippen LogP contribution in [0.2, 0.25) is 0 Å². The summed E-state index contributed by atoms with van der Waals surface area (Å²) < 4.78 is 53.7. The second kappa shape index (κ2) is 5.46. The van der Waals surface area contributed by atoms with Gasteiger partial charge in [-0.15, -0.1) is 13.2 Å². The first-order chi connectivity index (χ1) is 8.85. The second-order valence-corrected chi connectivity index (χ2v) is 4.76. The van der Waals surface area contributed by atoms with Crippen LogP contribution in [-0.4, -0.2) is 31.0 Å². The van der Waals surface area contributed by atoms with Crippen LogP contribution in [0.4, 0.5) is 17.6 Å². The zero-order chi connectivity index (χ0) is 14.0. The standard InChI is InChI=1S/C13H15F4NO/c1-18-7-6-11(19-13(15,16)17)8-12(18)9-2-4-10(14)5-3-9/h2-5,11-12H,6-8H2,1H3/t11-,12+/m1/s1. The van der Waals surface area contributed by atoms with Crippen molar-refractivity contribution in [2.24, 2.45) is 0 Å². The molecule has 1 fully saturated rings. The lowest BCUT2D eigenvalue weighted by Crippen LogP contribution is -2.39. The maximum Gasteiger partial charge on any atom is 0.522 e. The van der Waals surface area contributed by atoms with Gasteiger partial charge in [-0.25, -0.2) is 4.39 Å². The third kappa shape index (κ3) is 3.91. The van der Waals surface area contributed by atoms with Gasteiger partial charge in [-0.2, -0.15) is 0 Å². The van der Waals surface area contributed by atoms with Crippen molar-refractivity contribution in [3.05, 3.63) is 35.6 Å². The first-order valence-electron chi connectivity index (χ1n) is 6.05. The van der Waals surface area contributed by atoms with Gasteiger partial charge in [0.25, 0.3) is 0 Å². The Morgan fingerprint density at radius 1 is 1.21 bits per heavy atom. The highest BCUT2D eigenvalue weighted by molar-refractivity contribution is 5.20. The summed E-state index contributed by atoms with van der Waals surface area (Å²) in [4.78, 5) is 1.96. The van der Waals surface area contributed by atoms with E-state index in [0.717, 1.165) is 5.56 Å². The molecular weight excluding hydrogens is 262 g/mol. The maximum absolute atomic E-state index is 12.9. The number of halogens is 4. The summed E-state index contributed by atoms with van der Waals surface area (Å²) in [6, 6.07) is 5.66. The Kier molecular flexibility index (Phi) is 4.10. The molecule has 0 unspecified atom stereocenters. The molecule has 0 bridgehead atoms. The fourth-order valence-corrected chi connectivity index (χ4v) is 2.42. The van der Waals surface area contributed by atoms with Crippen molar-refractivity contribution < 1.29 is 22.3 Å². The zero-order valence-corrected chi connectivity index (χ0v) is 10.5. The van der Waals surface area contributed by atoms with E-state index in [-0.39, 0.29) is 18.3 Å². The Balaban J connectivity index is 2.08. The van der Waals surface area contributed by atoms with Crippen LogP contribution in [0.1, 0.15) is 24.4 Å². The highest BCUT2D eigenvalue weighted by Crippen LogP contribution is 2.34. The molecule has 0 spiro atoms. The molecular formula is C13H15F4NO. The van der Waals surface area contributed by atoms with E-state index in [1.807, 2.05) is 11.9 Å². The molecule has 1 saturated heterocycles. The van der Waals surface area contributed by atoms with Crippen LogP contribution in [0.15, 0.2) is 24.3 Å². The van der Waals surface area contributed by atoms with Gasteiger partial charge in [0.05, 0.1) is 6.10 Å². The van der Waals surface area contributed by atoms with Gasteiger partial charge in [-0.05, 0) is 37.6 Å². The third-order valence-corrected chi connectivity index (χ3v) is 3.38. The van der Waals surface area contributed by atoms with Gasteiger partial charge in [0, 0.05) is 12.6 Å². The molecule has 1 heterocycles. The molecule has 0 saturated carbocycles. The highest BCUT2D eigenvalue weighted by atomic mass is 19.4. The Morgan fingerprint density at radius 3 is 2.42 bits per heavy atom. The van der Waals surface area contributed by atoms with E-state index in [2.05, 4.69) is 4.74 Å². The molecule has 6 heteroatoms. The summed E-state index contributed by atoms with van der Waals surface area (Å²) >= 11 is 0. The summed E-state index contributed by atoms with van der Waals surface area (Å²) in [5.74, 6) is -0.356. The van der Waals surface area contributed by atoms with Crippen LogP contribution < -0.4 is 0 Å². The van der Waals surface area contributed by atoms with Crippen molar-refractivity contribution in [2.45, 2.75) is 31.3 Å². The fourth-order valence-electron chi connectivity index (χ4n) is 2.42. The number of hydrogen-bond acceptors (Lipinski definition) is 2. The van der Waals surface area contributed by atoms with E-state index >= 15 is 0 Å². The number of alkyl halides is 3. The second-order valence-electron chi connectivity index (χ2n) is 4.76. The topological polar surface area (TPSA) is 12.5 Å². The minimum absolute atomic E-state index is 0.179. The SMILES string of the molecule is CN1CC[C@@H](OC(F)(F)F)C[C@H]1c1ccc(F)cc1. The van der Waals surface area contributed by atoms with Crippen LogP contribution in [-0.2, 0) is 4.74 Å². The molecule has 1 aliphatic rings.